The molecule has 0 unspecified atom stereocenters. The van der Waals surface area contributed by atoms with Gasteiger partial charge in [0.15, 0.2) is 16.6 Å². The quantitative estimate of drug-likeness (QED) is 0.122. The van der Waals surface area contributed by atoms with Gasteiger partial charge in [-0.25, -0.2) is 0 Å². The molecule has 0 aromatic heterocycles. The van der Waals surface area contributed by atoms with Crippen molar-refractivity contribution in [1.82, 2.24) is 0 Å². The highest BCUT2D eigenvalue weighted by atomic mass is 28.4. The summed E-state index contributed by atoms with van der Waals surface area (Å²) in [4.78, 5) is 0. The zero-order valence-electron chi connectivity index (χ0n) is 26.6. The van der Waals surface area contributed by atoms with Crippen LogP contribution in [-0.4, -0.2) is 28.8 Å². The Balaban J connectivity index is 2.28. The highest BCUT2D eigenvalue weighted by molar-refractivity contribution is 6.74. The summed E-state index contributed by atoms with van der Waals surface area (Å²) in [6.07, 6.45) is 21.2. The van der Waals surface area contributed by atoms with E-state index >= 15 is 0 Å². The van der Waals surface area contributed by atoms with Crippen molar-refractivity contribution in [2.24, 2.45) is 17.8 Å². The van der Waals surface area contributed by atoms with Gasteiger partial charge in [-0.2, -0.15) is 0 Å². The molecule has 0 amide bonds. The minimum atomic E-state index is -1.84. The van der Waals surface area contributed by atoms with Crippen molar-refractivity contribution in [1.29, 1.82) is 0 Å². The number of rotatable bonds is 14. The van der Waals surface area contributed by atoms with Crippen LogP contribution in [0.2, 0.25) is 36.3 Å². The first-order valence-corrected chi connectivity index (χ1v) is 21.2. The van der Waals surface area contributed by atoms with Gasteiger partial charge in [0, 0.05) is 5.92 Å². The molecule has 2 aliphatic carbocycles. The van der Waals surface area contributed by atoms with E-state index in [2.05, 4.69) is 106 Å². The molecule has 0 saturated heterocycles. The van der Waals surface area contributed by atoms with Crippen molar-refractivity contribution in [3.63, 3.8) is 0 Å². The predicted octanol–water partition coefficient (Wildman–Crippen LogP) is 10.8. The summed E-state index contributed by atoms with van der Waals surface area (Å²) in [6, 6.07) is 0. The first kappa shape index (κ1) is 32.8. The van der Waals surface area contributed by atoms with Crippen LogP contribution >= 0.6 is 0 Å². The van der Waals surface area contributed by atoms with Crippen LogP contribution in [0.15, 0.2) is 36.5 Å². The molecule has 0 spiro atoms. The minimum Gasteiger partial charge on any atom is -0.413 e. The smallest absolute Gasteiger partial charge is 0.192 e. The first-order valence-electron chi connectivity index (χ1n) is 15.4. The Bertz CT molecular complexity index is 781. The topological polar surface area (TPSA) is 18.5 Å². The standard InChI is InChI=1S/C33H62O2Si2/c1-13-15-17-19-26-23-27-25-31(35-37(11,12)33(6,7)8)29(30(27)24-26)22-21-28(20-18-16-14-2)34-36(9,10)32(3,4)5/h13,21-23,27-31H,1,14-20,24-25H2,2-12H3/t27-,28-,29-,30-,31+/m0/s1. The predicted molar refractivity (Wildman–Crippen MR) is 169 cm³/mol. The van der Waals surface area contributed by atoms with E-state index in [4.69, 9.17) is 8.85 Å². The fourth-order valence-electron chi connectivity index (χ4n) is 5.52. The summed E-state index contributed by atoms with van der Waals surface area (Å²) in [5.41, 5.74) is 1.68. The van der Waals surface area contributed by atoms with Gasteiger partial charge in [0.05, 0.1) is 12.2 Å². The van der Waals surface area contributed by atoms with Crippen LogP contribution in [-0.2, 0) is 8.85 Å². The molecule has 2 rings (SSSR count). The molecule has 0 radical (unpaired) electrons. The van der Waals surface area contributed by atoms with E-state index in [0.717, 1.165) is 12.8 Å². The number of allylic oxidation sites excluding steroid dienone is 3. The molecule has 4 heteroatoms. The van der Waals surface area contributed by atoms with Gasteiger partial charge in [-0.3, -0.25) is 0 Å². The monoisotopic (exact) mass is 546 g/mol. The number of fused-ring (bicyclic) bond motifs is 1. The Morgan fingerprint density at radius 1 is 1.00 bits per heavy atom. The lowest BCUT2D eigenvalue weighted by Gasteiger charge is -2.40. The fraction of sp³-hybridized carbons (Fsp3) is 0.818. The van der Waals surface area contributed by atoms with Gasteiger partial charge >= 0.3 is 0 Å². The second-order valence-corrected chi connectivity index (χ2v) is 24.6. The Hall–Kier alpha value is -0.426. The maximum absolute atomic E-state index is 7.14. The van der Waals surface area contributed by atoms with E-state index in [9.17, 15) is 0 Å². The third-order valence-corrected chi connectivity index (χ3v) is 19.0. The summed E-state index contributed by atoms with van der Waals surface area (Å²) in [6.45, 7) is 30.0. The van der Waals surface area contributed by atoms with Crippen LogP contribution in [0.4, 0.5) is 0 Å². The first-order chi connectivity index (χ1) is 17.0. The van der Waals surface area contributed by atoms with Crippen molar-refractivity contribution in [2.45, 2.75) is 155 Å². The number of unbranched alkanes of at least 4 members (excludes halogenated alkanes) is 3. The Morgan fingerprint density at radius 2 is 1.65 bits per heavy atom. The number of hydrogen-bond donors (Lipinski definition) is 0. The summed E-state index contributed by atoms with van der Waals surface area (Å²) < 4.78 is 14.1. The van der Waals surface area contributed by atoms with Crippen LogP contribution in [0, 0.1) is 17.8 Å². The van der Waals surface area contributed by atoms with Gasteiger partial charge in [-0.1, -0.05) is 97.6 Å². The lowest BCUT2D eigenvalue weighted by atomic mass is 9.88. The molecule has 0 aliphatic heterocycles. The maximum atomic E-state index is 7.14. The van der Waals surface area contributed by atoms with E-state index in [1.165, 1.54) is 44.9 Å². The van der Waals surface area contributed by atoms with Crippen LogP contribution < -0.4 is 0 Å². The average Bonchev–Trinajstić information content (AvgIpc) is 3.27. The fourth-order valence-corrected chi connectivity index (χ4v) is 8.19. The van der Waals surface area contributed by atoms with Crippen molar-refractivity contribution in [3.8, 4) is 0 Å². The van der Waals surface area contributed by atoms with E-state index in [0.29, 0.717) is 23.9 Å². The third-order valence-electron chi connectivity index (χ3n) is 9.98. The summed E-state index contributed by atoms with van der Waals surface area (Å²) >= 11 is 0. The Kier molecular flexibility index (Phi) is 11.8. The molecular weight excluding hydrogens is 485 g/mol. The van der Waals surface area contributed by atoms with Crippen molar-refractivity contribution >= 4 is 16.6 Å². The maximum Gasteiger partial charge on any atom is 0.192 e. The molecule has 0 N–H and O–H groups in total. The second-order valence-electron chi connectivity index (χ2n) is 15.1. The molecule has 0 bridgehead atoms. The molecule has 5 atom stereocenters. The van der Waals surface area contributed by atoms with Gasteiger partial charge in [-0.15, -0.1) is 6.58 Å². The van der Waals surface area contributed by atoms with Gasteiger partial charge in [0.2, 0.25) is 0 Å². The zero-order valence-corrected chi connectivity index (χ0v) is 28.6. The normalized spacial score (nSPS) is 26.0. The van der Waals surface area contributed by atoms with E-state index in [1.807, 2.05) is 0 Å². The van der Waals surface area contributed by atoms with Gasteiger partial charge in [0.1, 0.15) is 0 Å². The van der Waals surface area contributed by atoms with Gasteiger partial charge < -0.3 is 8.85 Å². The molecule has 2 aliphatic rings. The number of hydrogen-bond acceptors (Lipinski definition) is 2. The van der Waals surface area contributed by atoms with Crippen LogP contribution in [0.25, 0.3) is 0 Å². The Labute approximate surface area is 234 Å². The van der Waals surface area contributed by atoms with E-state index in [-0.39, 0.29) is 16.2 Å². The van der Waals surface area contributed by atoms with Crippen LogP contribution in [0.1, 0.15) is 106 Å². The zero-order chi connectivity index (χ0) is 28.1. The lowest BCUT2D eigenvalue weighted by Crippen LogP contribution is -2.45. The molecule has 0 heterocycles. The largest absolute Gasteiger partial charge is 0.413 e. The molecule has 2 nitrogen and oxygen atoms in total. The molecule has 0 aromatic carbocycles. The highest BCUT2D eigenvalue weighted by Crippen LogP contribution is 2.51. The lowest BCUT2D eigenvalue weighted by molar-refractivity contribution is 0.147. The summed E-state index contributed by atoms with van der Waals surface area (Å²) in [5, 5.41) is 0.463. The van der Waals surface area contributed by atoms with Crippen LogP contribution in [0.5, 0.6) is 0 Å². The molecule has 214 valence electrons. The molecule has 1 fully saturated rings. The summed E-state index contributed by atoms with van der Waals surface area (Å²) in [7, 11) is -3.67. The second kappa shape index (κ2) is 13.3. The van der Waals surface area contributed by atoms with Crippen molar-refractivity contribution in [2.75, 3.05) is 0 Å². The molecule has 1 saturated carbocycles. The minimum absolute atomic E-state index is 0.224. The van der Waals surface area contributed by atoms with Crippen LogP contribution in [0.3, 0.4) is 0 Å². The van der Waals surface area contributed by atoms with Gasteiger partial charge in [0.25, 0.3) is 0 Å². The SMILES string of the molecule is C=CCCCC1=C[C@H]2C[C@@H](O[Si](C)(C)C(C)(C)C)[C@@H](C=C[C@H](CCCCC)O[Si](C)(C)C(C)(C)C)[C@H]2C1. The average molecular weight is 547 g/mol. The van der Waals surface area contributed by atoms with Gasteiger partial charge in [-0.05, 0) is 86.6 Å². The van der Waals surface area contributed by atoms with Crippen molar-refractivity contribution in [3.05, 3.63) is 36.5 Å². The van der Waals surface area contributed by atoms with E-state index < -0.39 is 16.6 Å². The Morgan fingerprint density at radius 3 is 2.22 bits per heavy atom. The third kappa shape index (κ3) is 9.05. The molecular formula is C33H62O2Si2. The molecule has 37 heavy (non-hydrogen) atoms. The van der Waals surface area contributed by atoms with E-state index in [1.54, 1.807) is 5.57 Å². The highest BCUT2D eigenvalue weighted by Gasteiger charge is 2.48. The van der Waals surface area contributed by atoms with Crippen molar-refractivity contribution < 1.29 is 8.85 Å². The summed E-state index contributed by atoms with van der Waals surface area (Å²) in [5.74, 6) is 1.85. The molecule has 0 aromatic rings.